The van der Waals surface area contributed by atoms with Crippen LogP contribution in [-0.2, 0) is 0 Å². The highest BCUT2D eigenvalue weighted by Gasteiger charge is 1.93. The molecule has 0 atom stereocenters. The lowest BCUT2D eigenvalue weighted by atomic mass is 10.1. The van der Waals surface area contributed by atoms with Crippen LogP contribution in [0.3, 0.4) is 0 Å². The largest absolute Gasteiger partial charge is 0.132 e. The van der Waals surface area contributed by atoms with Gasteiger partial charge >= 0.3 is 0 Å². The predicted molar refractivity (Wildman–Crippen MR) is 55.9 cm³/mol. The first kappa shape index (κ1) is 10.8. The second-order valence-electron chi connectivity index (χ2n) is 2.78. The van der Waals surface area contributed by atoms with Crippen molar-refractivity contribution < 1.29 is 0 Å². The number of hydrogen-bond acceptors (Lipinski definition) is 1. The van der Waals surface area contributed by atoms with Crippen LogP contribution < -0.4 is 0 Å². The van der Waals surface area contributed by atoms with Crippen molar-refractivity contribution in [3.8, 4) is 0 Å². The number of allylic oxidation sites excluding steroid dienone is 2. The fourth-order valence-electron chi connectivity index (χ4n) is 0.864. The Labute approximate surface area is 74.8 Å². The maximum absolute atomic E-state index is 3.97. The molecule has 0 fully saturated rings. The zero-order valence-electron chi connectivity index (χ0n) is 7.65. The van der Waals surface area contributed by atoms with Crippen molar-refractivity contribution in [3.63, 3.8) is 0 Å². The van der Waals surface area contributed by atoms with Crippen molar-refractivity contribution >= 4 is 11.8 Å². The van der Waals surface area contributed by atoms with Crippen molar-refractivity contribution in [1.29, 1.82) is 0 Å². The van der Waals surface area contributed by atoms with Gasteiger partial charge < -0.3 is 0 Å². The van der Waals surface area contributed by atoms with Crippen LogP contribution in [0.1, 0.15) is 33.1 Å². The third-order valence-electron chi connectivity index (χ3n) is 1.41. The average Bonchev–Trinajstić information content (AvgIpc) is 1.87. The van der Waals surface area contributed by atoms with Crippen LogP contribution in [0, 0.1) is 0 Å². The van der Waals surface area contributed by atoms with Crippen LogP contribution in [0.2, 0.25) is 0 Å². The van der Waals surface area contributed by atoms with Crippen molar-refractivity contribution in [1.82, 2.24) is 0 Å². The van der Waals surface area contributed by atoms with E-state index in [4.69, 9.17) is 0 Å². The third-order valence-corrected chi connectivity index (χ3v) is 2.31. The topological polar surface area (TPSA) is 0 Å². The summed E-state index contributed by atoms with van der Waals surface area (Å²) in [5.41, 5.74) is 1.28. The van der Waals surface area contributed by atoms with E-state index in [1.165, 1.54) is 16.9 Å². The monoisotopic (exact) mass is 170 g/mol. The SMILES string of the molecule is C=C(C)CCCC(=C)SCC. The van der Waals surface area contributed by atoms with Crippen LogP contribution in [0.4, 0.5) is 0 Å². The van der Waals surface area contributed by atoms with Crippen molar-refractivity contribution in [3.05, 3.63) is 23.6 Å². The number of rotatable bonds is 6. The van der Waals surface area contributed by atoms with Gasteiger partial charge in [0.1, 0.15) is 0 Å². The van der Waals surface area contributed by atoms with Crippen LogP contribution in [-0.4, -0.2) is 5.75 Å². The van der Waals surface area contributed by atoms with E-state index >= 15 is 0 Å². The van der Waals surface area contributed by atoms with E-state index in [1.807, 2.05) is 11.8 Å². The molecule has 0 bridgehead atoms. The molecule has 0 aliphatic rings. The first-order valence-electron chi connectivity index (χ1n) is 4.11. The van der Waals surface area contributed by atoms with Gasteiger partial charge in [0.25, 0.3) is 0 Å². The van der Waals surface area contributed by atoms with E-state index < -0.39 is 0 Å². The summed E-state index contributed by atoms with van der Waals surface area (Å²) in [7, 11) is 0. The molecule has 1 heteroatoms. The lowest BCUT2D eigenvalue weighted by molar-refractivity contribution is 0.830. The minimum Gasteiger partial charge on any atom is -0.132 e. The Morgan fingerprint density at radius 1 is 1.27 bits per heavy atom. The molecule has 0 radical (unpaired) electrons. The molecule has 0 aliphatic carbocycles. The molecule has 0 aromatic rings. The average molecular weight is 170 g/mol. The molecule has 0 spiro atoms. The summed E-state index contributed by atoms with van der Waals surface area (Å²) < 4.78 is 0. The normalized spacial score (nSPS) is 9.64. The molecule has 0 aliphatic heterocycles. The van der Waals surface area contributed by atoms with E-state index in [1.54, 1.807) is 0 Å². The maximum atomic E-state index is 3.97. The number of thioether (sulfide) groups is 1. The molecule has 0 aromatic carbocycles. The van der Waals surface area contributed by atoms with Crippen molar-refractivity contribution in [2.75, 3.05) is 5.75 Å². The van der Waals surface area contributed by atoms with E-state index in [9.17, 15) is 0 Å². The molecule has 64 valence electrons. The first-order chi connectivity index (χ1) is 5.16. The lowest BCUT2D eigenvalue weighted by Crippen LogP contribution is -1.80. The lowest BCUT2D eigenvalue weighted by Gasteiger charge is -2.02. The van der Waals surface area contributed by atoms with Crippen LogP contribution in [0.5, 0.6) is 0 Å². The zero-order valence-corrected chi connectivity index (χ0v) is 8.47. The van der Waals surface area contributed by atoms with Crippen molar-refractivity contribution in [2.45, 2.75) is 33.1 Å². The second kappa shape index (κ2) is 6.53. The van der Waals surface area contributed by atoms with Crippen LogP contribution in [0.15, 0.2) is 23.6 Å². The van der Waals surface area contributed by atoms with Gasteiger partial charge in [-0.1, -0.05) is 19.1 Å². The number of hydrogen-bond donors (Lipinski definition) is 0. The quantitative estimate of drug-likeness (QED) is 0.543. The summed E-state index contributed by atoms with van der Waals surface area (Å²) in [4.78, 5) is 1.31. The smallest absolute Gasteiger partial charge is 0.00519 e. The summed E-state index contributed by atoms with van der Waals surface area (Å²) in [6.07, 6.45) is 3.50. The Balaban J connectivity index is 3.24. The van der Waals surface area contributed by atoms with Gasteiger partial charge in [0.05, 0.1) is 0 Å². The van der Waals surface area contributed by atoms with Gasteiger partial charge in [-0.15, -0.1) is 18.3 Å². The highest BCUT2D eigenvalue weighted by atomic mass is 32.2. The molecule has 0 unspecified atom stereocenters. The molecule has 0 saturated heterocycles. The Bertz CT molecular complexity index is 136. The van der Waals surface area contributed by atoms with Gasteiger partial charge in [-0.3, -0.25) is 0 Å². The summed E-state index contributed by atoms with van der Waals surface area (Å²) in [5, 5.41) is 0. The molecule has 11 heavy (non-hydrogen) atoms. The fraction of sp³-hybridized carbons (Fsp3) is 0.600. The summed E-state index contributed by atoms with van der Waals surface area (Å²) in [5.74, 6) is 1.14. The Hall–Kier alpha value is -0.170. The summed E-state index contributed by atoms with van der Waals surface area (Å²) in [6, 6.07) is 0. The summed E-state index contributed by atoms with van der Waals surface area (Å²) in [6.45, 7) is 12.1. The Kier molecular flexibility index (Phi) is 6.43. The third kappa shape index (κ3) is 7.73. The Morgan fingerprint density at radius 2 is 1.91 bits per heavy atom. The zero-order chi connectivity index (χ0) is 8.69. The van der Waals surface area contributed by atoms with Gasteiger partial charge in [0.15, 0.2) is 0 Å². The Morgan fingerprint density at radius 3 is 2.36 bits per heavy atom. The first-order valence-corrected chi connectivity index (χ1v) is 5.10. The molecule has 0 nitrogen and oxygen atoms in total. The van der Waals surface area contributed by atoms with E-state index in [2.05, 4.69) is 27.0 Å². The highest BCUT2D eigenvalue weighted by Crippen LogP contribution is 2.19. The minimum absolute atomic E-state index is 1.14. The molecule has 0 N–H and O–H groups in total. The molecule has 0 saturated carbocycles. The molecule has 0 aromatic heterocycles. The van der Waals surface area contributed by atoms with Crippen LogP contribution >= 0.6 is 11.8 Å². The fourth-order valence-corrected chi connectivity index (χ4v) is 1.56. The van der Waals surface area contributed by atoms with Crippen LogP contribution in [0.25, 0.3) is 0 Å². The second-order valence-corrected chi connectivity index (χ2v) is 4.23. The molecule has 0 amide bonds. The van der Waals surface area contributed by atoms with Gasteiger partial charge in [0, 0.05) is 0 Å². The van der Waals surface area contributed by atoms with Gasteiger partial charge in [-0.25, -0.2) is 0 Å². The summed E-state index contributed by atoms with van der Waals surface area (Å²) >= 11 is 1.86. The van der Waals surface area contributed by atoms with Gasteiger partial charge in [-0.2, -0.15) is 0 Å². The van der Waals surface area contributed by atoms with Crippen molar-refractivity contribution in [2.24, 2.45) is 0 Å². The van der Waals surface area contributed by atoms with E-state index in [-0.39, 0.29) is 0 Å². The molecule has 0 rings (SSSR count). The standard InChI is InChI=1S/C10H18S/c1-5-11-10(4)8-6-7-9(2)3/h2,4-8H2,1,3H3. The maximum Gasteiger partial charge on any atom is -0.00519 e. The predicted octanol–water partition coefficient (Wildman–Crippen LogP) is 4.00. The molecular formula is C10H18S. The molecular weight excluding hydrogens is 152 g/mol. The highest BCUT2D eigenvalue weighted by molar-refractivity contribution is 8.03. The van der Waals surface area contributed by atoms with E-state index in [0.717, 1.165) is 18.6 Å². The van der Waals surface area contributed by atoms with Gasteiger partial charge in [0.2, 0.25) is 0 Å². The molecule has 0 heterocycles. The van der Waals surface area contributed by atoms with Gasteiger partial charge in [-0.05, 0) is 36.8 Å². The minimum atomic E-state index is 1.14. The van der Waals surface area contributed by atoms with E-state index in [0.29, 0.717) is 0 Å².